The minimum Gasteiger partial charge on any atom is -0.493 e. The second kappa shape index (κ2) is 8.57. The van der Waals surface area contributed by atoms with E-state index in [1.165, 1.54) is 33.1 Å². The Balaban J connectivity index is 1.56. The zero-order valence-corrected chi connectivity index (χ0v) is 15.4. The number of rotatable bonds is 7. The van der Waals surface area contributed by atoms with E-state index in [1.807, 2.05) is 4.68 Å². The number of benzene rings is 1. The van der Waals surface area contributed by atoms with Crippen molar-refractivity contribution in [2.45, 2.75) is 31.7 Å². The van der Waals surface area contributed by atoms with E-state index in [2.05, 4.69) is 10.4 Å². The van der Waals surface area contributed by atoms with Crippen molar-refractivity contribution in [2.75, 3.05) is 26.1 Å². The summed E-state index contributed by atoms with van der Waals surface area (Å²) in [5.41, 5.74) is 0.274. The molecule has 3 rings (SSSR count). The second-order valence-electron chi connectivity index (χ2n) is 6.29. The minimum atomic E-state index is -0.615. The highest BCUT2D eigenvalue weighted by atomic mass is 16.5. The summed E-state index contributed by atoms with van der Waals surface area (Å²) >= 11 is 0. The van der Waals surface area contributed by atoms with Crippen molar-refractivity contribution in [1.82, 2.24) is 9.78 Å². The normalized spacial score (nSPS) is 14.0. The molecule has 8 heteroatoms. The van der Waals surface area contributed by atoms with Gasteiger partial charge in [0.25, 0.3) is 5.91 Å². The fourth-order valence-corrected chi connectivity index (χ4v) is 3.21. The third-order valence-corrected chi connectivity index (χ3v) is 4.56. The Bertz CT molecular complexity index is 811. The van der Waals surface area contributed by atoms with Gasteiger partial charge in [0.05, 0.1) is 32.0 Å². The van der Waals surface area contributed by atoms with Crippen LogP contribution in [-0.2, 0) is 9.53 Å². The quantitative estimate of drug-likeness (QED) is 0.751. The molecular weight excluding hydrogens is 350 g/mol. The Morgan fingerprint density at radius 3 is 2.59 bits per heavy atom. The molecular formula is C19H23N3O5. The van der Waals surface area contributed by atoms with E-state index in [1.54, 1.807) is 24.4 Å². The van der Waals surface area contributed by atoms with Gasteiger partial charge in [-0.25, -0.2) is 9.48 Å². The van der Waals surface area contributed by atoms with E-state index < -0.39 is 11.9 Å². The number of carbonyl (C=O) groups excluding carboxylic acids is 2. The van der Waals surface area contributed by atoms with Gasteiger partial charge < -0.3 is 19.5 Å². The van der Waals surface area contributed by atoms with Gasteiger partial charge >= 0.3 is 5.97 Å². The molecule has 1 N–H and O–H groups in total. The number of methoxy groups -OCH3 is 2. The number of carbonyl (C=O) groups is 2. The first kappa shape index (κ1) is 18.8. The van der Waals surface area contributed by atoms with Gasteiger partial charge in [-0.3, -0.25) is 4.79 Å². The van der Waals surface area contributed by atoms with E-state index in [9.17, 15) is 9.59 Å². The molecule has 0 saturated heterocycles. The van der Waals surface area contributed by atoms with Gasteiger partial charge in [0.15, 0.2) is 18.1 Å². The van der Waals surface area contributed by atoms with E-state index in [0.717, 1.165) is 12.8 Å². The molecule has 0 aliphatic heterocycles. The zero-order valence-electron chi connectivity index (χ0n) is 15.4. The third kappa shape index (κ3) is 4.39. The number of esters is 1. The highest BCUT2D eigenvalue weighted by Crippen LogP contribution is 2.31. The Morgan fingerprint density at radius 2 is 1.89 bits per heavy atom. The molecule has 144 valence electrons. The van der Waals surface area contributed by atoms with Gasteiger partial charge in [0.1, 0.15) is 5.82 Å². The fraction of sp³-hybridized carbons (Fsp3) is 0.421. The molecule has 1 heterocycles. The molecule has 0 radical (unpaired) electrons. The lowest BCUT2D eigenvalue weighted by molar-refractivity contribution is -0.119. The maximum absolute atomic E-state index is 12.2. The Labute approximate surface area is 157 Å². The predicted octanol–water partition coefficient (Wildman–Crippen LogP) is 2.81. The molecule has 1 aromatic carbocycles. The topological polar surface area (TPSA) is 91.7 Å². The van der Waals surface area contributed by atoms with Crippen LogP contribution in [0.4, 0.5) is 5.82 Å². The first-order chi connectivity index (χ1) is 13.1. The molecule has 2 aromatic rings. The summed E-state index contributed by atoms with van der Waals surface area (Å²) in [4.78, 5) is 24.3. The van der Waals surface area contributed by atoms with Crippen LogP contribution in [0.25, 0.3) is 0 Å². The maximum atomic E-state index is 12.2. The van der Waals surface area contributed by atoms with Crippen LogP contribution in [-0.4, -0.2) is 42.5 Å². The third-order valence-electron chi connectivity index (χ3n) is 4.56. The van der Waals surface area contributed by atoms with Crippen LogP contribution in [0.3, 0.4) is 0 Å². The number of hydrogen-bond donors (Lipinski definition) is 1. The van der Waals surface area contributed by atoms with Crippen molar-refractivity contribution < 1.29 is 23.8 Å². The highest BCUT2D eigenvalue weighted by Gasteiger charge is 2.21. The summed E-state index contributed by atoms with van der Waals surface area (Å²) in [6, 6.07) is 6.72. The van der Waals surface area contributed by atoms with E-state index >= 15 is 0 Å². The van der Waals surface area contributed by atoms with Crippen LogP contribution < -0.4 is 14.8 Å². The molecule has 8 nitrogen and oxygen atoms in total. The van der Waals surface area contributed by atoms with Crippen LogP contribution in [0.15, 0.2) is 30.5 Å². The van der Waals surface area contributed by atoms with Gasteiger partial charge in [-0.15, -0.1) is 0 Å². The summed E-state index contributed by atoms with van der Waals surface area (Å²) in [6.45, 7) is -0.386. The van der Waals surface area contributed by atoms with Crippen molar-refractivity contribution in [3.63, 3.8) is 0 Å². The van der Waals surface area contributed by atoms with Crippen LogP contribution in [0.5, 0.6) is 11.5 Å². The number of amides is 1. The number of nitrogens with zero attached hydrogens (tertiary/aromatic N) is 2. The Morgan fingerprint density at radius 1 is 1.15 bits per heavy atom. The average Bonchev–Trinajstić information content (AvgIpc) is 3.37. The van der Waals surface area contributed by atoms with Gasteiger partial charge in [0.2, 0.25) is 0 Å². The number of aromatic nitrogens is 2. The Hall–Kier alpha value is -3.03. The van der Waals surface area contributed by atoms with E-state index in [4.69, 9.17) is 14.2 Å². The Kier molecular flexibility index (Phi) is 5.95. The molecule has 1 fully saturated rings. The highest BCUT2D eigenvalue weighted by molar-refractivity contribution is 5.95. The van der Waals surface area contributed by atoms with Gasteiger partial charge in [-0.2, -0.15) is 5.10 Å². The van der Waals surface area contributed by atoms with Gasteiger partial charge in [0, 0.05) is 6.07 Å². The molecule has 1 amide bonds. The molecule has 0 spiro atoms. The zero-order chi connectivity index (χ0) is 19.2. The maximum Gasteiger partial charge on any atom is 0.338 e. The van der Waals surface area contributed by atoms with E-state index in [-0.39, 0.29) is 12.2 Å². The monoisotopic (exact) mass is 373 g/mol. The summed E-state index contributed by atoms with van der Waals surface area (Å²) in [6.07, 6.45) is 6.10. The molecule has 0 bridgehead atoms. The fourth-order valence-electron chi connectivity index (χ4n) is 3.21. The largest absolute Gasteiger partial charge is 0.493 e. The predicted molar refractivity (Wildman–Crippen MR) is 98.2 cm³/mol. The van der Waals surface area contributed by atoms with Crippen LogP contribution in [0.2, 0.25) is 0 Å². The summed E-state index contributed by atoms with van der Waals surface area (Å²) in [5.74, 6) is 0.511. The lowest BCUT2D eigenvalue weighted by Gasteiger charge is -2.14. The number of ether oxygens (including phenoxy) is 3. The van der Waals surface area contributed by atoms with Crippen LogP contribution in [0.1, 0.15) is 42.1 Å². The number of nitrogens with one attached hydrogen (secondary N) is 1. The van der Waals surface area contributed by atoms with Gasteiger partial charge in [-0.05, 0) is 31.0 Å². The lowest BCUT2D eigenvalue weighted by atomic mass is 10.2. The minimum absolute atomic E-state index is 0.274. The van der Waals surface area contributed by atoms with Crippen molar-refractivity contribution in [2.24, 2.45) is 0 Å². The van der Waals surface area contributed by atoms with Gasteiger partial charge in [-0.1, -0.05) is 12.8 Å². The van der Waals surface area contributed by atoms with Crippen molar-refractivity contribution in [1.29, 1.82) is 0 Å². The first-order valence-electron chi connectivity index (χ1n) is 8.85. The van der Waals surface area contributed by atoms with E-state index in [0.29, 0.717) is 23.4 Å². The molecule has 1 aliphatic rings. The lowest BCUT2D eigenvalue weighted by Crippen LogP contribution is -2.23. The molecule has 27 heavy (non-hydrogen) atoms. The summed E-state index contributed by atoms with van der Waals surface area (Å²) < 4.78 is 17.2. The van der Waals surface area contributed by atoms with Crippen LogP contribution >= 0.6 is 0 Å². The molecule has 1 aliphatic carbocycles. The first-order valence-corrected chi connectivity index (χ1v) is 8.85. The smallest absolute Gasteiger partial charge is 0.338 e. The summed E-state index contributed by atoms with van der Waals surface area (Å²) in [7, 11) is 2.99. The molecule has 1 aromatic heterocycles. The molecule has 0 atom stereocenters. The second-order valence-corrected chi connectivity index (χ2v) is 6.29. The van der Waals surface area contributed by atoms with Crippen molar-refractivity contribution in [3.8, 4) is 11.5 Å². The summed E-state index contributed by atoms with van der Waals surface area (Å²) in [5, 5.41) is 7.05. The SMILES string of the molecule is COc1ccc(C(=O)OCC(=O)Nc2ccnn2C2CCCC2)cc1OC. The average molecular weight is 373 g/mol. The van der Waals surface area contributed by atoms with Crippen LogP contribution in [0, 0.1) is 0 Å². The standard InChI is InChI=1S/C19H23N3O5/c1-25-15-8-7-13(11-16(15)26-2)19(24)27-12-18(23)21-17-9-10-20-22(17)14-5-3-4-6-14/h7-11,14H,3-6,12H2,1-2H3,(H,21,23). The number of anilines is 1. The van der Waals surface area contributed by atoms with Crippen molar-refractivity contribution >= 4 is 17.7 Å². The van der Waals surface area contributed by atoms with Crippen molar-refractivity contribution in [3.05, 3.63) is 36.0 Å². The number of hydrogen-bond acceptors (Lipinski definition) is 6. The molecule has 0 unspecified atom stereocenters. The molecule has 1 saturated carbocycles.